The Labute approximate surface area is 131 Å². The molecule has 0 saturated heterocycles. The van der Waals surface area contributed by atoms with Crippen molar-refractivity contribution in [2.45, 2.75) is 19.4 Å². The lowest BCUT2D eigenvalue weighted by atomic mass is 10.1. The molecule has 1 amide bonds. The van der Waals surface area contributed by atoms with Gasteiger partial charge in [0.2, 0.25) is 0 Å². The lowest BCUT2D eigenvalue weighted by Gasteiger charge is -2.18. The number of carbonyl (C=O) groups excluding carboxylic acids is 1. The van der Waals surface area contributed by atoms with Crippen LogP contribution in [0.5, 0.6) is 0 Å². The molecule has 0 aromatic carbocycles. The molecule has 0 saturated carbocycles. The van der Waals surface area contributed by atoms with Gasteiger partial charge in [-0.15, -0.1) is 0 Å². The van der Waals surface area contributed by atoms with Gasteiger partial charge in [0.15, 0.2) is 5.60 Å². The fourth-order valence-corrected chi connectivity index (χ4v) is 2.44. The SMILES string of the molecule is Cc1nc(-c2ccsc2)ccc1C(=O)NCC(C)(O)C(=O)O. The molecule has 116 valence electrons. The number of thiophene rings is 1. The topological polar surface area (TPSA) is 99.5 Å². The maximum absolute atomic E-state index is 12.1. The highest BCUT2D eigenvalue weighted by molar-refractivity contribution is 7.08. The highest BCUT2D eigenvalue weighted by atomic mass is 32.1. The summed E-state index contributed by atoms with van der Waals surface area (Å²) in [6, 6.07) is 5.32. The van der Waals surface area contributed by atoms with Gasteiger partial charge in [-0.3, -0.25) is 9.78 Å². The first kappa shape index (κ1) is 16.1. The van der Waals surface area contributed by atoms with E-state index >= 15 is 0 Å². The molecular weight excluding hydrogens is 304 g/mol. The molecule has 0 aliphatic heterocycles. The van der Waals surface area contributed by atoms with E-state index in [0.717, 1.165) is 18.2 Å². The Bertz CT molecular complexity index is 696. The lowest BCUT2D eigenvalue weighted by Crippen LogP contribution is -2.46. The fourth-order valence-electron chi connectivity index (χ4n) is 1.80. The van der Waals surface area contributed by atoms with E-state index < -0.39 is 17.5 Å². The molecule has 6 nitrogen and oxygen atoms in total. The van der Waals surface area contributed by atoms with Crippen molar-refractivity contribution in [2.75, 3.05) is 6.54 Å². The zero-order valence-electron chi connectivity index (χ0n) is 12.2. The Morgan fingerprint density at radius 3 is 2.64 bits per heavy atom. The van der Waals surface area contributed by atoms with Crippen molar-refractivity contribution in [3.05, 3.63) is 40.2 Å². The number of aliphatic carboxylic acids is 1. The summed E-state index contributed by atoms with van der Waals surface area (Å²) in [7, 11) is 0. The van der Waals surface area contributed by atoms with Crippen LogP contribution in [0.4, 0.5) is 0 Å². The Kier molecular flexibility index (Phi) is 4.58. The van der Waals surface area contributed by atoms with Crippen molar-refractivity contribution < 1.29 is 19.8 Å². The number of nitrogens with one attached hydrogen (secondary N) is 1. The maximum atomic E-state index is 12.1. The average molecular weight is 320 g/mol. The lowest BCUT2D eigenvalue weighted by molar-refractivity contribution is -0.155. The Morgan fingerprint density at radius 1 is 1.36 bits per heavy atom. The summed E-state index contributed by atoms with van der Waals surface area (Å²) >= 11 is 1.56. The number of carboxylic acids is 1. The van der Waals surface area contributed by atoms with Gasteiger partial charge in [0.1, 0.15) is 0 Å². The molecule has 0 bridgehead atoms. The second-order valence-electron chi connectivity index (χ2n) is 5.10. The van der Waals surface area contributed by atoms with Crippen molar-refractivity contribution >= 4 is 23.2 Å². The molecule has 7 heteroatoms. The summed E-state index contributed by atoms with van der Waals surface area (Å²) in [6.07, 6.45) is 0. The van der Waals surface area contributed by atoms with Gasteiger partial charge in [0.25, 0.3) is 5.91 Å². The van der Waals surface area contributed by atoms with Crippen LogP contribution in [0.25, 0.3) is 11.3 Å². The molecule has 3 N–H and O–H groups in total. The number of hydrogen-bond donors (Lipinski definition) is 3. The van der Waals surface area contributed by atoms with Crippen LogP contribution in [0, 0.1) is 6.92 Å². The third kappa shape index (κ3) is 3.49. The van der Waals surface area contributed by atoms with Crippen LogP contribution in [0.2, 0.25) is 0 Å². The second-order valence-corrected chi connectivity index (χ2v) is 5.88. The molecule has 22 heavy (non-hydrogen) atoms. The number of aromatic nitrogens is 1. The smallest absolute Gasteiger partial charge is 0.337 e. The quantitative estimate of drug-likeness (QED) is 0.778. The molecule has 0 aliphatic rings. The zero-order chi connectivity index (χ0) is 16.3. The average Bonchev–Trinajstić information content (AvgIpc) is 2.98. The molecular formula is C15H16N2O4S. The van der Waals surface area contributed by atoms with Gasteiger partial charge in [0.05, 0.1) is 23.5 Å². The van der Waals surface area contributed by atoms with Crippen molar-refractivity contribution in [1.82, 2.24) is 10.3 Å². The van der Waals surface area contributed by atoms with Gasteiger partial charge in [-0.25, -0.2) is 4.79 Å². The zero-order valence-corrected chi connectivity index (χ0v) is 13.0. The van der Waals surface area contributed by atoms with Crippen molar-refractivity contribution in [3.63, 3.8) is 0 Å². The summed E-state index contributed by atoms with van der Waals surface area (Å²) in [6.45, 7) is 2.45. The predicted octanol–water partition coefficient (Wildman–Crippen LogP) is 1.68. The highest BCUT2D eigenvalue weighted by Crippen LogP contribution is 2.21. The van der Waals surface area contributed by atoms with Gasteiger partial charge in [-0.1, -0.05) is 0 Å². The summed E-state index contributed by atoms with van der Waals surface area (Å²) < 4.78 is 0. The number of hydrogen-bond acceptors (Lipinski definition) is 5. The minimum Gasteiger partial charge on any atom is -0.479 e. The van der Waals surface area contributed by atoms with E-state index in [2.05, 4.69) is 10.3 Å². The number of rotatable bonds is 5. The minimum absolute atomic E-state index is 0.347. The third-order valence-electron chi connectivity index (χ3n) is 3.20. The Balaban J connectivity index is 2.12. The summed E-state index contributed by atoms with van der Waals surface area (Å²) in [5, 5.41) is 24.7. The number of nitrogens with zero attached hydrogens (tertiary/aromatic N) is 1. The third-order valence-corrected chi connectivity index (χ3v) is 3.88. The molecule has 2 heterocycles. The van der Waals surface area contributed by atoms with Gasteiger partial charge in [-0.05, 0) is 37.4 Å². The molecule has 2 aromatic rings. The fraction of sp³-hybridized carbons (Fsp3) is 0.267. The first-order valence-corrected chi connectivity index (χ1v) is 7.50. The largest absolute Gasteiger partial charge is 0.479 e. The van der Waals surface area contributed by atoms with E-state index in [4.69, 9.17) is 5.11 Å². The summed E-state index contributed by atoms with van der Waals surface area (Å²) in [5.41, 5.74) is 0.631. The monoisotopic (exact) mass is 320 g/mol. The van der Waals surface area contributed by atoms with Crippen LogP contribution in [0.3, 0.4) is 0 Å². The minimum atomic E-state index is -2.01. The molecule has 0 spiro atoms. The Hall–Kier alpha value is -2.25. The normalized spacial score (nSPS) is 13.4. The van der Waals surface area contributed by atoms with Crippen LogP contribution in [0.1, 0.15) is 23.0 Å². The van der Waals surface area contributed by atoms with Gasteiger partial charge >= 0.3 is 5.97 Å². The van der Waals surface area contributed by atoms with Crippen LogP contribution in [-0.4, -0.2) is 39.2 Å². The molecule has 2 aromatic heterocycles. The number of amides is 1. The van der Waals surface area contributed by atoms with Crippen LogP contribution in [-0.2, 0) is 4.79 Å². The number of aliphatic hydroxyl groups is 1. The van der Waals surface area contributed by atoms with Crippen molar-refractivity contribution in [3.8, 4) is 11.3 Å². The highest BCUT2D eigenvalue weighted by Gasteiger charge is 2.30. The van der Waals surface area contributed by atoms with Crippen LogP contribution in [0.15, 0.2) is 29.0 Å². The first-order valence-electron chi connectivity index (χ1n) is 6.55. The molecule has 0 radical (unpaired) electrons. The van der Waals surface area contributed by atoms with Gasteiger partial charge in [-0.2, -0.15) is 11.3 Å². The second kappa shape index (κ2) is 6.25. The van der Waals surface area contributed by atoms with Crippen molar-refractivity contribution in [1.29, 1.82) is 0 Å². The van der Waals surface area contributed by atoms with Gasteiger partial charge in [0, 0.05) is 10.9 Å². The van der Waals surface area contributed by atoms with E-state index in [-0.39, 0.29) is 6.54 Å². The first-order chi connectivity index (χ1) is 10.3. The maximum Gasteiger partial charge on any atom is 0.337 e. The van der Waals surface area contributed by atoms with E-state index in [1.54, 1.807) is 30.4 Å². The Morgan fingerprint density at radius 2 is 2.09 bits per heavy atom. The van der Waals surface area contributed by atoms with E-state index in [9.17, 15) is 14.7 Å². The number of aryl methyl sites for hydroxylation is 1. The van der Waals surface area contributed by atoms with E-state index in [0.29, 0.717) is 11.3 Å². The van der Waals surface area contributed by atoms with Gasteiger partial charge < -0.3 is 15.5 Å². The van der Waals surface area contributed by atoms with Crippen LogP contribution < -0.4 is 5.32 Å². The summed E-state index contributed by atoms with van der Waals surface area (Å²) in [4.78, 5) is 27.3. The van der Waals surface area contributed by atoms with Crippen molar-refractivity contribution in [2.24, 2.45) is 0 Å². The number of carboxylic acid groups (broad SMARTS) is 1. The summed E-state index contributed by atoms with van der Waals surface area (Å²) in [5.74, 6) is -1.86. The number of pyridine rings is 1. The van der Waals surface area contributed by atoms with Crippen LogP contribution >= 0.6 is 11.3 Å². The number of carbonyl (C=O) groups is 2. The van der Waals surface area contributed by atoms with E-state index in [1.807, 2.05) is 16.8 Å². The molecule has 1 unspecified atom stereocenters. The molecule has 0 fully saturated rings. The molecule has 1 atom stereocenters. The van der Waals surface area contributed by atoms with E-state index in [1.165, 1.54) is 0 Å². The molecule has 2 rings (SSSR count). The predicted molar refractivity (Wildman–Crippen MR) is 82.9 cm³/mol. The molecule has 0 aliphatic carbocycles. The standard InChI is InChI=1S/C15H16N2O4S/c1-9-11(13(18)16-8-15(2,21)14(19)20)3-4-12(17-9)10-5-6-22-7-10/h3-7,21H,8H2,1-2H3,(H,16,18)(H,19,20).